The van der Waals surface area contributed by atoms with E-state index < -0.39 is 0 Å². The molecule has 1 aromatic carbocycles. The summed E-state index contributed by atoms with van der Waals surface area (Å²) < 4.78 is 5.55. The van der Waals surface area contributed by atoms with Gasteiger partial charge in [0.15, 0.2) is 5.22 Å². The first-order chi connectivity index (χ1) is 9.58. The number of benzene rings is 1. The molecule has 2 nitrogen and oxygen atoms in total. The molecule has 0 unspecified atom stereocenters. The van der Waals surface area contributed by atoms with Gasteiger partial charge in [0.25, 0.3) is 0 Å². The number of nitrogens with zero attached hydrogens (tertiary/aromatic N) is 1. The molecule has 1 aliphatic heterocycles. The third-order valence-electron chi connectivity index (χ3n) is 3.54. The molecule has 0 bridgehead atoms. The predicted molar refractivity (Wildman–Crippen MR) is 86.5 cm³/mol. The summed E-state index contributed by atoms with van der Waals surface area (Å²) in [5.41, 5.74) is 3.07. The van der Waals surface area contributed by atoms with Crippen LogP contribution in [0.1, 0.15) is 31.4 Å². The molecule has 0 atom stereocenters. The molecule has 110 valence electrons. The Balaban J connectivity index is 0.000000397. The maximum atomic E-state index is 6.24. The van der Waals surface area contributed by atoms with Crippen LogP contribution in [0.4, 0.5) is 0 Å². The zero-order valence-corrected chi connectivity index (χ0v) is 14.7. The molecule has 2 heterocycles. The van der Waals surface area contributed by atoms with E-state index in [0.717, 1.165) is 46.6 Å². The molecule has 0 amide bonds. The Kier molecular flexibility index (Phi) is 7.68. The van der Waals surface area contributed by atoms with E-state index in [4.69, 9.17) is 27.6 Å². The molecule has 0 saturated heterocycles. The molecular weight excluding hydrogens is 300 g/mol. The fraction of sp³-hybridized carbons (Fsp3) is 0.438. The van der Waals surface area contributed by atoms with Crippen molar-refractivity contribution < 1.29 is 23.3 Å². The van der Waals surface area contributed by atoms with Gasteiger partial charge in [0.1, 0.15) is 5.58 Å². The summed E-state index contributed by atoms with van der Waals surface area (Å²) in [6.45, 7) is 5.99. The second-order valence-electron chi connectivity index (χ2n) is 5.06. The van der Waals surface area contributed by atoms with Crippen molar-refractivity contribution >= 4 is 34.2 Å². The van der Waals surface area contributed by atoms with E-state index in [1.807, 2.05) is 12.1 Å². The molecule has 0 spiro atoms. The number of rotatable bonds is 1. The van der Waals surface area contributed by atoms with Crippen molar-refractivity contribution in [3.05, 3.63) is 39.9 Å². The van der Waals surface area contributed by atoms with Gasteiger partial charge in [-0.1, -0.05) is 18.5 Å². The fourth-order valence-electron chi connectivity index (χ4n) is 2.31. The van der Waals surface area contributed by atoms with E-state index in [1.165, 1.54) is 6.42 Å². The van der Waals surface area contributed by atoms with Crippen molar-refractivity contribution in [3.63, 3.8) is 0 Å². The number of halogens is 2. The standard InChI is InChI=1S/C12H11Cl2NO.C4H9.Li/c1-15-5-4-7-9(13)2-3-10-11(7)8(6-15)12(14)16-10;1-3-4-2;/h2-3H,4-6H2,1H3;3H,4H2,1-2H3;/q;-1;+1. The fourth-order valence-corrected chi connectivity index (χ4v) is 2.80. The summed E-state index contributed by atoms with van der Waals surface area (Å²) in [5.74, 6) is 0. The van der Waals surface area contributed by atoms with Crippen LogP contribution in [-0.4, -0.2) is 18.5 Å². The van der Waals surface area contributed by atoms with Gasteiger partial charge in [0.2, 0.25) is 0 Å². The zero-order valence-electron chi connectivity index (χ0n) is 13.2. The van der Waals surface area contributed by atoms with Gasteiger partial charge in [-0.25, -0.2) is 0 Å². The summed E-state index contributed by atoms with van der Waals surface area (Å²) in [7, 11) is 2.08. The topological polar surface area (TPSA) is 16.4 Å². The van der Waals surface area contributed by atoms with Gasteiger partial charge in [0, 0.05) is 29.1 Å². The minimum atomic E-state index is 0. The van der Waals surface area contributed by atoms with Crippen LogP contribution >= 0.6 is 23.2 Å². The van der Waals surface area contributed by atoms with Crippen molar-refractivity contribution in [2.24, 2.45) is 0 Å². The molecule has 0 N–H and O–H groups in total. The Morgan fingerprint density at radius 1 is 1.29 bits per heavy atom. The van der Waals surface area contributed by atoms with Gasteiger partial charge >= 0.3 is 18.9 Å². The maximum Gasteiger partial charge on any atom is 1.00 e. The summed E-state index contributed by atoms with van der Waals surface area (Å²) in [6.07, 6.45) is 4.26. The second-order valence-corrected chi connectivity index (χ2v) is 5.81. The Morgan fingerprint density at radius 3 is 2.57 bits per heavy atom. The van der Waals surface area contributed by atoms with Crippen LogP contribution in [0, 0.1) is 6.42 Å². The van der Waals surface area contributed by atoms with Crippen LogP contribution in [0.5, 0.6) is 0 Å². The van der Waals surface area contributed by atoms with Gasteiger partial charge < -0.3 is 15.7 Å². The molecule has 21 heavy (non-hydrogen) atoms. The first-order valence-corrected chi connectivity index (χ1v) is 7.68. The van der Waals surface area contributed by atoms with Gasteiger partial charge in [0.05, 0.1) is 0 Å². The van der Waals surface area contributed by atoms with Gasteiger partial charge in [-0.15, -0.1) is 0 Å². The smallest absolute Gasteiger partial charge is 0.444 e. The van der Waals surface area contributed by atoms with Crippen LogP contribution in [0.3, 0.4) is 0 Å². The van der Waals surface area contributed by atoms with E-state index in [1.54, 1.807) is 0 Å². The first-order valence-electron chi connectivity index (χ1n) is 6.93. The summed E-state index contributed by atoms with van der Waals surface area (Å²) in [6, 6.07) is 3.77. The minimum Gasteiger partial charge on any atom is -0.444 e. The molecule has 0 aliphatic carbocycles. The van der Waals surface area contributed by atoms with Crippen molar-refractivity contribution in [2.45, 2.75) is 33.2 Å². The minimum absolute atomic E-state index is 0. The third-order valence-corrected chi connectivity index (χ3v) is 4.20. The predicted octanol–water partition coefficient (Wildman–Crippen LogP) is 2.35. The van der Waals surface area contributed by atoms with E-state index in [2.05, 4.69) is 32.2 Å². The molecule has 5 heteroatoms. The molecule has 3 rings (SSSR count). The number of unbranched alkanes of at least 4 members (excludes halogenated alkanes) is 1. The molecule has 0 saturated carbocycles. The van der Waals surface area contributed by atoms with Crippen molar-refractivity contribution in [3.8, 4) is 0 Å². The normalized spacial score (nSPS) is 14.1. The number of hydrogen-bond donors (Lipinski definition) is 0. The summed E-state index contributed by atoms with van der Waals surface area (Å²) in [5, 5.41) is 2.41. The number of hydrogen-bond acceptors (Lipinski definition) is 2. The SMILES string of the molecule is CN1CCc2c(Cl)ccc3oc(Cl)c(c23)C1.C[CH-]CC.[Li+]. The van der Waals surface area contributed by atoms with Crippen LogP contribution in [0.25, 0.3) is 11.0 Å². The molecule has 1 aliphatic rings. The van der Waals surface area contributed by atoms with Crippen molar-refractivity contribution in [1.82, 2.24) is 4.90 Å². The number of furan rings is 1. The maximum absolute atomic E-state index is 6.24. The molecule has 0 fully saturated rings. The van der Waals surface area contributed by atoms with Crippen molar-refractivity contribution in [2.75, 3.05) is 13.6 Å². The van der Waals surface area contributed by atoms with E-state index in [-0.39, 0.29) is 18.9 Å². The summed E-state index contributed by atoms with van der Waals surface area (Å²) >= 11 is 12.4. The van der Waals surface area contributed by atoms with Gasteiger partial charge in [-0.05, 0) is 42.8 Å². The average Bonchev–Trinajstić information content (AvgIpc) is 2.63. The van der Waals surface area contributed by atoms with Gasteiger partial charge in [-0.3, -0.25) is 0 Å². The van der Waals surface area contributed by atoms with Crippen LogP contribution < -0.4 is 18.9 Å². The van der Waals surface area contributed by atoms with Crippen LogP contribution in [-0.2, 0) is 13.0 Å². The Bertz CT molecular complexity index is 595. The summed E-state index contributed by atoms with van der Waals surface area (Å²) in [4.78, 5) is 2.23. The van der Waals surface area contributed by atoms with E-state index >= 15 is 0 Å². The Hall–Kier alpha value is -0.103. The van der Waals surface area contributed by atoms with Gasteiger partial charge in [-0.2, -0.15) is 13.3 Å². The average molecular weight is 320 g/mol. The largest absolute Gasteiger partial charge is 1.00 e. The molecule has 0 radical (unpaired) electrons. The Morgan fingerprint density at radius 2 is 1.95 bits per heavy atom. The van der Waals surface area contributed by atoms with Crippen molar-refractivity contribution in [1.29, 1.82) is 0 Å². The van der Waals surface area contributed by atoms with Crippen LogP contribution in [0.2, 0.25) is 10.2 Å². The molecular formula is C16H20Cl2LiNO. The van der Waals surface area contributed by atoms with E-state index in [0.29, 0.717) is 5.22 Å². The van der Waals surface area contributed by atoms with E-state index in [9.17, 15) is 0 Å². The third kappa shape index (κ3) is 4.21. The number of likely N-dealkylation sites (N-methyl/N-ethyl adjacent to an activating group) is 1. The first kappa shape index (κ1) is 18.9. The zero-order chi connectivity index (χ0) is 14.7. The molecule has 1 aromatic heterocycles. The Labute approximate surface area is 148 Å². The quantitative estimate of drug-likeness (QED) is 0.592. The molecule has 2 aromatic rings. The van der Waals surface area contributed by atoms with Crippen LogP contribution in [0.15, 0.2) is 16.5 Å². The monoisotopic (exact) mass is 319 g/mol. The second kappa shape index (κ2) is 8.51.